The van der Waals surface area contributed by atoms with Crippen LogP contribution >= 0.6 is 11.6 Å². The minimum Gasteiger partial charge on any atom is -0.340 e. The second kappa shape index (κ2) is 7.27. The number of rotatable bonds is 4. The van der Waals surface area contributed by atoms with E-state index in [4.69, 9.17) is 11.6 Å². The Morgan fingerprint density at radius 3 is 2.68 bits per heavy atom. The van der Waals surface area contributed by atoms with Crippen LogP contribution < -0.4 is 10.6 Å². The Balaban J connectivity index is 1.76. The fraction of sp³-hybridized carbons (Fsp3) is 0.0556. The second-order valence-corrected chi connectivity index (χ2v) is 5.77. The molecule has 0 saturated heterocycles. The normalized spacial score (nSPS) is 10.4. The summed E-state index contributed by atoms with van der Waals surface area (Å²) in [6.07, 6.45) is 1.28. The van der Waals surface area contributed by atoms with Gasteiger partial charge in [0.1, 0.15) is 23.7 Å². The van der Waals surface area contributed by atoms with Crippen LogP contribution in [0.1, 0.15) is 16.1 Å². The first-order chi connectivity index (χ1) is 12.0. The molecule has 0 radical (unpaired) electrons. The highest BCUT2D eigenvalue weighted by atomic mass is 35.5. The number of aryl methyl sites for hydroxylation is 1. The number of nitrogens with zero attached hydrogens (tertiary/aromatic N) is 2. The van der Waals surface area contributed by atoms with Gasteiger partial charge in [-0.1, -0.05) is 23.7 Å². The number of hydrogen-bond donors (Lipinski definition) is 2. The zero-order chi connectivity index (χ0) is 17.8. The maximum Gasteiger partial charge on any atom is 0.274 e. The van der Waals surface area contributed by atoms with Crippen LogP contribution in [0.25, 0.3) is 0 Å². The molecule has 3 rings (SSSR count). The SMILES string of the molecule is Cc1cccc(NC(=O)c2cc(Nc3ccc(F)c(Cl)c3)ncn2)c1. The van der Waals surface area contributed by atoms with Gasteiger partial charge in [0.2, 0.25) is 0 Å². The number of carbonyl (C=O) groups is 1. The molecule has 0 spiro atoms. The summed E-state index contributed by atoms with van der Waals surface area (Å²) in [6, 6.07) is 13.2. The third kappa shape index (κ3) is 4.30. The van der Waals surface area contributed by atoms with Gasteiger partial charge in [0.25, 0.3) is 5.91 Å². The van der Waals surface area contributed by atoms with E-state index in [1.165, 1.54) is 30.6 Å². The zero-order valence-electron chi connectivity index (χ0n) is 13.3. The molecule has 0 atom stereocenters. The first-order valence-electron chi connectivity index (χ1n) is 7.43. The van der Waals surface area contributed by atoms with Gasteiger partial charge in [-0.05, 0) is 42.8 Å². The van der Waals surface area contributed by atoms with Crippen LogP contribution in [0.3, 0.4) is 0 Å². The van der Waals surface area contributed by atoms with Crippen LogP contribution in [0.15, 0.2) is 54.9 Å². The fourth-order valence-corrected chi connectivity index (χ4v) is 2.37. The summed E-state index contributed by atoms with van der Waals surface area (Å²) in [7, 11) is 0. The van der Waals surface area contributed by atoms with E-state index in [2.05, 4.69) is 20.6 Å². The molecule has 25 heavy (non-hydrogen) atoms. The van der Waals surface area contributed by atoms with Crippen LogP contribution in [-0.2, 0) is 0 Å². The van der Waals surface area contributed by atoms with E-state index in [0.29, 0.717) is 17.2 Å². The predicted octanol–water partition coefficient (Wildman–Crippen LogP) is 4.57. The molecule has 3 aromatic rings. The monoisotopic (exact) mass is 356 g/mol. The predicted molar refractivity (Wildman–Crippen MR) is 95.9 cm³/mol. The van der Waals surface area contributed by atoms with Crippen molar-refractivity contribution in [1.82, 2.24) is 9.97 Å². The molecule has 2 N–H and O–H groups in total. The molecular weight excluding hydrogens is 343 g/mol. The Bertz CT molecular complexity index is 932. The molecule has 0 aliphatic heterocycles. The second-order valence-electron chi connectivity index (χ2n) is 5.37. The largest absolute Gasteiger partial charge is 0.340 e. The van der Waals surface area contributed by atoms with E-state index in [0.717, 1.165) is 5.56 Å². The van der Waals surface area contributed by atoms with Gasteiger partial charge in [0.15, 0.2) is 0 Å². The van der Waals surface area contributed by atoms with Crippen molar-refractivity contribution < 1.29 is 9.18 Å². The molecule has 0 aliphatic carbocycles. The number of benzene rings is 2. The minimum atomic E-state index is -0.506. The van der Waals surface area contributed by atoms with E-state index in [9.17, 15) is 9.18 Å². The Morgan fingerprint density at radius 1 is 1.08 bits per heavy atom. The van der Waals surface area contributed by atoms with Crippen molar-refractivity contribution in [2.24, 2.45) is 0 Å². The number of hydrogen-bond acceptors (Lipinski definition) is 4. The van der Waals surface area contributed by atoms with Crippen LogP contribution in [0, 0.1) is 12.7 Å². The molecule has 1 amide bonds. The molecule has 0 aliphatic rings. The fourth-order valence-electron chi connectivity index (χ4n) is 2.19. The average Bonchev–Trinajstić information content (AvgIpc) is 2.58. The quantitative estimate of drug-likeness (QED) is 0.718. The van der Waals surface area contributed by atoms with Crippen molar-refractivity contribution >= 4 is 34.7 Å². The number of aromatic nitrogens is 2. The van der Waals surface area contributed by atoms with Crippen LogP contribution in [-0.4, -0.2) is 15.9 Å². The van der Waals surface area contributed by atoms with E-state index in [1.54, 1.807) is 6.07 Å². The zero-order valence-corrected chi connectivity index (χ0v) is 14.0. The van der Waals surface area contributed by atoms with Gasteiger partial charge in [-0.25, -0.2) is 14.4 Å². The smallest absolute Gasteiger partial charge is 0.274 e. The van der Waals surface area contributed by atoms with Gasteiger partial charge >= 0.3 is 0 Å². The Hall–Kier alpha value is -2.99. The maximum atomic E-state index is 13.2. The lowest BCUT2D eigenvalue weighted by molar-refractivity contribution is 0.102. The number of amides is 1. The third-order valence-electron chi connectivity index (χ3n) is 3.37. The summed E-state index contributed by atoms with van der Waals surface area (Å²) >= 11 is 5.75. The van der Waals surface area contributed by atoms with Crippen molar-refractivity contribution in [1.29, 1.82) is 0 Å². The van der Waals surface area contributed by atoms with Crippen LogP contribution in [0.5, 0.6) is 0 Å². The summed E-state index contributed by atoms with van der Waals surface area (Å²) in [5.74, 6) is -0.464. The summed E-state index contributed by atoms with van der Waals surface area (Å²) < 4.78 is 13.2. The maximum absolute atomic E-state index is 13.2. The number of nitrogens with one attached hydrogen (secondary N) is 2. The Morgan fingerprint density at radius 2 is 1.92 bits per heavy atom. The van der Waals surface area contributed by atoms with Crippen LogP contribution in [0.4, 0.5) is 21.6 Å². The molecule has 1 heterocycles. The van der Waals surface area contributed by atoms with Gasteiger partial charge < -0.3 is 10.6 Å². The highest BCUT2D eigenvalue weighted by molar-refractivity contribution is 6.31. The highest BCUT2D eigenvalue weighted by Crippen LogP contribution is 2.22. The topological polar surface area (TPSA) is 66.9 Å². The molecule has 1 aromatic heterocycles. The Labute approximate surface area is 148 Å². The molecule has 0 unspecified atom stereocenters. The Kier molecular flexibility index (Phi) is 4.90. The first kappa shape index (κ1) is 16.9. The van der Waals surface area contributed by atoms with Gasteiger partial charge in [0, 0.05) is 17.4 Å². The molecule has 126 valence electrons. The summed E-state index contributed by atoms with van der Waals surface area (Å²) in [4.78, 5) is 20.4. The van der Waals surface area contributed by atoms with E-state index >= 15 is 0 Å². The van der Waals surface area contributed by atoms with Crippen molar-refractivity contribution in [2.75, 3.05) is 10.6 Å². The lowest BCUT2D eigenvalue weighted by Gasteiger charge is -2.08. The van der Waals surface area contributed by atoms with Gasteiger partial charge in [-0.2, -0.15) is 0 Å². The third-order valence-corrected chi connectivity index (χ3v) is 3.66. The van der Waals surface area contributed by atoms with Gasteiger partial charge in [-0.15, -0.1) is 0 Å². The van der Waals surface area contributed by atoms with Crippen LogP contribution in [0.2, 0.25) is 5.02 Å². The van der Waals surface area contributed by atoms with Gasteiger partial charge in [0.05, 0.1) is 5.02 Å². The number of carbonyl (C=O) groups excluding carboxylic acids is 1. The number of anilines is 3. The minimum absolute atomic E-state index is 0.00327. The van der Waals surface area contributed by atoms with E-state index < -0.39 is 5.82 Å². The molecule has 5 nitrogen and oxygen atoms in total. The molecule has 0 fully saturated rings. The van der Waals surface area contributed by atoms with E-state index in [1.807, 2.05) is 25.1 Å². The van der Waals surface area contributed by atoms with Crippen molar-refractivity contribution in [2.45, 2.75) is 6.92 Å². The molecule has 2 aromatic carbocycles. The molecule has 0 bridgehead atoms. The van der Waals surface area contributed by atoms with E-state index in [-0.39, 0.29) is 16.6 Å². The molecule has 0 saturated carbocycles. The standard InChI is InChI=1S/C18H14ClFN4O/c1-11-3-2-4-12(7-11)24-18(25)16-9-17(22-10-21-16)23-13-5-6-15(20)14(19)8-13/h2-10H,1H3,(H,24,25)(H,21,22,23). The molecule has 7 heteroatoms. The van der Waals surface area contributed by atoms with Crippen molar-refractivity contribution in [3.63, 3.8) is 0 Å². The van der Waals surface area contributed by atoms with Crippen molar-refractivity contribution in [3.8, 4) is 0 Å². The van der Waals surface area contributed by atoms with Gasteiger partial charge in [-0.3, -0.25) is 4.79 Å². The summed E-state index contributed by atoms with van der Waals surface area (Å²) in [6.45, 7) is 1.94. The summed E-state index contributed by atoms with van der Waals surface area (Å²) in [5.41, 5.74) is 2.47. The van der Waals surface area contributed by atoms with Crippen molar-refractivity contribution in [3.05, 3.63) is 77.0 Å². The lowest BCUT2D eigenvalue weighted by atomic mass is 10.2. The lowest BCUT2D eigenvalue weighted by Crippen LogP contribution is -2.14. The molecular formula is C18H14ClFN4O. The number of halogens is 2. The first-order valence-corrected chi connectivity index (χ1v) is 7.81. The summed E-state index contributed by atoms with van der Waals surface area (Å²) in [5, 5.41) is 5.73. The average molecular weight is 357 g/mol. The highest BCUT2D eigenvalue weighted by Gasteiger charge is 2.10.